The molecule has 0 fully saturated rings. The first-order chi connectivity index (χ1) is 7.18. The summed E-state index contributed by atoms with van der Waals surface area (Å²) in [7, 11) is 1.77. The predicted octanol–water partition coefficient (Wildman–Crippen LogP) is 3.10. The maximum absolute atomic E-state index is 10.8. The molecule has 0 amide bonds. The summed E-state index contributed by atoms with van der Waals surface area (Å²) in [6.45, 7) is 6.43. The van der Waals surface area contributed by atoms with E-state index in [9.17, 15) is 8.42 Å². The van der Waals surface area contributed by atoms with Gasteiger partial charge < -0.3 is 0 Å². The van der Waals surface area contributed by atoms with Gasteiger partial charge >= 0.3 is 0 Å². The van der Waals surface area contributed by atoms with Gasteiger partial charge in [0.25, 0.3) is 0 Å². The number of hydrogen-bond acceptors (Lipinski definition) is 2. The van der Waals surface area contributed by atoms with Gasteiger partial charge in [-0.1, -0.05) is 45.0 Å². The number of halogens is 1. The zero-order chi connectivity index (χ0) is 12.4. The molecule has 4 heteroatoms. The zero-order valence-electron chi connectivity index (χ0n) is 9.83. The fraction of sp³-hybridized carbons (Fsp3) is 0.500. The van der Waals surface area contributed by atoms with Crippen LogP contribution in [0.2, 0.25) is 0 Å². The molecule has 0 N–H and O–H groups in total. The normalized spacial score (nSPS) is 12.8. The van der Waals surface area contributed by atoms with Gasteiger partial charge in [0, 0.05) is 10.7 Å². The van der Waals surface area contributed by atoms with Crippen molar-refractivity contribution < 1.29 is 8.42 Å². The average Bonchev–Trinajstić information content (AvgIpc) is 2.13. The minimum atomic E-state index is -3.39. The van der Waals surface area contributed by atoms with E-state index in [0.29, 0.717) is 6.42 Å². The molecular formula is C12H17ClO2S. The quantitative estimate of drug-likeness (QED) is 0.783. The molecular weight excluding hydrogens is 244 g/mol. The number of aryl methyl sites for hydroxylation is 1. The fourth-order valence-electron chi connectivity index (χ4n) is 1.41. The Morgan fingerprint density at radius 3 is 2.00 bits per heavy atom. The van der Waals surface area contributed by atoms with Crippen LogP contribution in [0.25, 0.3) is 0 Å². The molecule has 0 aromatic heterocycles. The first-order valence-corrected chi connectivity index (χ1v) is 7.68. The fourth-order valence-corrected chi connectivity index (χ4v) is 2.12. The van der Waals surface area contributed by atoms with E-state index >= 15 is 0 Å². The van der Waals surface area contributed by atoms with Crippen LogP contribution in [0, 0.1) is 0 Å². The summed E-state index contributed by atoms with van der Waals surface area (Å²) in [5.74, 6) is -0.0105. The van der Waals surface area contributed by atoms with E-state index in [1.165, 1.54) is 5.56 Å². The largest absolute Gasteiger partial charge is 0.232 e. The number of rotatable bonds is 3. The Hall–Kier alpha value is -0.540. The van der Waals surface area contributed by atoms with Gasteiger partial charge in [-0.15, -0.1) is 0 Å². The van der Waals surface area contributed by atoms with E-state index in [0.717, 1.165) is 5.56 Å². The summed E-state index contributed by atoms with van der Waals surface area (Å²) in [6.07, 6.45) is 0.469. The molecule has 1 aromatic rings. The van der Waals surface area contributed by atoms with Crippen LogP contribution in [-0.4, -0.2) is 14.2 Å². The van der Waals surface area contributed by atoms with E-state index in [2.05, 4.69) is 20.8 Å². The van der Waals surface area contributed by atoms with Crippen LogP contribution in [0.5, 0.6) is 0 Å². The van der Waals surface area contributed by atoms with Gasteiger partial charge in [-0.05, 0) is 23.0 Å². The molecule has 2 nitrogen and oxygen atoms in total. The second kappa shape index (κ2) is 4.76. The predicted molar refractivity (Wildman–Crippen MR) is 68.5 cm³/mol. The molecule has 0 bridgehead atoms. The standard InChI is InChI=1S/C12H17ClO2S/c1-12(2,3)11-6-4-10(5-7-11)8-9-16(13,14)15/h4-7H,8-9H2,1-3H3. The lowest BCUT2D eigenvalue weighted by molar-refractivity contribution is 0.590. The van der Waals surface area contributed by atoms with Crippen molar-refractivity contribution in [3.05, 3.63) is 35.4 Å². The SMILES string of the molecule is CC(C)(C)c1ccc(CCS(=O)(=O)Cl)cc1. The Labute approximate surface area is 102 Å². The average molecular weight is 261 g/mol. The molecule has 0 atom stereocenters. The molecule has 0 unspecified atom stereocenters. The molecule has 0 aliphatic carbocycles. The summed E-state index contributed by atoms with van der Waals surface area (Å²) >= 11 is 0. The van der Waals surface area contributed by atoms with E-state index in [-0.39, 0.29) is 11.2 Å². The van der Waals surface area contributed by atoms with Gasteiger partial charge in [0.2, 0.25) is 9.05 Å². The monoisotopic (exact) mass is 260 g/mol. The van der Waals surface area contributed by atoms with Crippen LogP contribution >= 0.6 is 10.7 Å². The third-order valence-corrected chi connectivity index (χ3v) is 3.61. The Morgan fingerprint density at radius 1 is 1.12 bits per heavy atom. The van der Waals surface area contributed by atoms with Crippen molar-refractivity contribution >= 4 is 19.7 Å². The van der Waals surface area contributed by atoms with Crippen molar-refractivity contribution in [3.63, 3.8) is 0 Å². The molecule has 0 spiro atoms. The number of benzene rings is 1. The molecule has 90 valence electrons. The molecule has 16 heavy (non-hydrogen) atoms. The minimum absolute atomic E-state index is 0.0105. The van der Waals surface area contributed by atoms with Crippen molar-refractivity contribution in [1.82, 2.24) is 0 Å². The zero-order valence-corrected chi connectivity index (χ0v) is 11.4. The second-order valence-corrected chi connectivity index (χ2v) is 7.84. The molecule has 0 heterocycles. The lowest BCUT2D eigenvalue weighted by atomic mass is 9.86. The Bertz CT molecular complexity index is 441. The van der Waals surface area contributed by atoms with Crippen LogP contribution in [0.15, 0.2) is 24.3 Å². The van der Waals surface area contributed by atoms with E-state index in [4.69, 9.17) is 10.7 Å². The third kappa shape index (κ3) is 4.54. The van der Waals surface area contributed by atoms with Crippen molar-refractivity contribution in [2.45, 2.75) is 32.6 Å². The highest BCUT2D eigenvalue weighted by Crippen LogP contribution is 2.22. The van der Waals surface area contributed by atoms with E-state index < -0.39 is 9.05 Å². The van der Waals surface area contributed by atoms with Crippen molar-refractivity contribution in [1.29, 1.82) is 0 Å². The molecule has 0 saturated heterocycles. The van der Waals surface area contributed by atoms with Gasteiger partial charge in [0.1, 0.15) is 0 Å². The smallest absolute Gasteiger partial charge is 0.212 e. The van der Waals surface area contributed by atoms with Crippen LogP contribution in [0.3, 0.4) is 0 Å². The molecule has 0 saturated carbocycles. The molecule has 1 aromatic carbocycles. The van der Waals surface area contributed by atoms with Gasteiger partial charge in [-0.3, -0.25) is 0 Å². The Balaban J connectivity index is 2.73. The molecule has 0 aliphatic rings. The van der Waals surface area contributed by atoms with Crippen molar-refractivity contribution in [3.8, 4) is 0 Å². The van der Waals surface area contributed by atoms with E-state index in [1.54, 1.807) is 0 Å². The van der Waals surface area contributed by atoms with Gasteiger partial charge in [0.15, 0.2) is 0 Å². The Morgan fingerprint density at radius 2 is 1.62 bits per heavy atom. The van der Waals surface area contributed by atoms with Gasteiger partial charge in [-0.2, -0.15) is 0 Å². The molecule has 0 radical (unpaired) electrons. The highest BCUT2D eigenvalue weighted by Gasteiger charge is 2.13. The summed E-state index contributed by atoms with van der Waals surface area (Å²) in [6, 6.07) is 8.00. The lowest BCUT2D eigenvalue weighted by Gasteiger charge is -2.19. The molecule has 0 aliphatic heterocycles. The topological polar surface area (TPSA) is 34.1 Å². The first kappa shape index (κ1) is 13.5. The van der Waals surface area contributed by atoms with Crippen LogP contribution < -0.4 is 0 Å². The van der Waals surface area contributed by atoms with Crippen molar-refractivity contribution in [2.75, 3.05) is 5.75 Å². The van der Waals surface area contributed by atoms with Gasteiger partial charge in [-0.25, -0.2) is 8.42 Å². The van der Waals surface area contributed by atoms with Gasteiger partial charge in [0.05, 0.1) is 5.75 Å². The van der Waals surface area contributed by atoms with Crippen molar-refractivity contribution in [2.24, 2.45) is 0 Å². The second-order valence-electron chi connectivity index (χ2n) is 4.94. The summed E-state index contributed by atoms with van der Waals surface area (Å²) in [5.41, 5.74) is 2.36. The van der Waals surface area contributed by atoms with Crippen LogP contribution in [0.1, 0.15) is 31.9 Å². The summed E-state index contributed by atoms with van der Waals surface area (Å²) in [5, 5.41) is 0. The first-order valence-electron chi connectivity index (χ1n) is 5.20. The number of hydrogen-bond donors (Lipinski definition) is 0. The summed E-state index contributed by atoms with van der Waals surface area (Å²) < 4.78 is 21.6. The highest BCUT2D eigenvalue weighted by atomic mass is 35.7. The molecule has 1 rings (SSSR count). The van der Waals surface area contributed by atoms with E-state index in [1.807, 2.05) is 24.3 Å². The van der Waals surface area contributed by atoms with Crippen LogP contribution in [0.4, 0.5) is 0 Å². The maximum atomic E-state index is 10.8. The Kier molecular flexibility index (Phi) is 4.02. The lowest BCUT2D eigenvalue weighted by Crippen LogP contribution is -2.11. The van der Waals surface area contributed by atoms with Crippen LogP contribution in [-0.2, 0) is 20.9 Å². The minimum Gasteiger partial charge on any atom is -0.212 e. The maximum Gasteiger partial charge on any atom is 0.232 e. The summed E-state index contributed by atoms with van der Waals surface area (Å²) in [4.78, 5) is 0. The third-order valence-electron chi connectivity index (χ3n) is 2.45. The highest BCUT2D eigenvalue weighted by molar-refractivity contribution is 8.13.